The number of para-hydroxylation sites is 1. The van der Waals surface area contributed by atoms with Crippen molar-refractivity contribution in [3.8, 4) is 23.1 Å². The Hall–Kier alpha value is -3.99. The highest BCUT2D eigenvalue weighted by atomic mass is 79.9. The van der Waals surface area contributed by atoms with Crippen molar-refractivity contribution in [2.24, 2.45) is 5.10 Å². The molecule has 0 aliphatic carbocycles. The fourth-order valence-corrected chi connectivity index (χ4v) is 5.43. The summed E-state index contributed by atoms with van der Waals surface area (Å²) in [4.78, 5) is 18.4. The fraction of sp³-hybridized carbons (Fsp3) is 0.0645. The van der Waals surface area contributed by atoms with Crippen LogP contribution < -0.4 is 15.0 Å². The Kier molecular flexibility index (Phi) is 7.85. The topological polar surface area (TPSA) is 78.9 Å². The number of fused-ring (bicyclic) bond motifs is 2. The van der Waals surface area contributed by atoms with Crippen LogP contribution in [0, 0.1) is 5.82 Å². The molecule has 0 unspecified atom stereocenters. The summed E-state index contributed by atoms with van der Waals surface area (Å²) in [6.07, 6.45) is 1.47. The van der Waals surface area contributed by atoms with E-state index in [1.807, 2.05) is 30.3 Å². The fourth-order valence-electron chi connectivity index (χ4n) is 4.40. The van der Waals surface area contributed by atoms with Crippen LogP contribution in [0.15, 0.2) is 102 Å². The van der Waals surface area contributed by atoms with Gasteiger partial charge >= 0.3 is 0 Å². The lowest BCUT2D eigenvalue weighted by Gasteiger charge is -2.15. The minimum atomic E-state index is -0.377. The Morgan fingerprint density at radius 1 is 1.07 bits per heavy atom. The van der Waals surface area contributed by atoms with Crippen LogP contribution in [0.25, 0.3) is 33.5 Å². The second-order valence-electron chi connectivity index (χ2n) is 9.15. The summed E-state index contributed by atoms with van der Waals surface area (Å²) < 4.78 is 33.7. The van der Waals surface area contributed by atoms with Crippen LogP contribution in [-0.4, -0.2) is 23.0 Å². The third-order valence-corrected chi connectivity index (χ3v) is 8.35. The van der Waals surface area contributed by atoms with Gasteiger partial charge in [0, 0.05) is 19.9 Å². The van der Waals surface area contributed by atoms with E-state index >= 15 is 0 Å². The Morgan fingerprint density at radius 3 is 2.71 bits per heavy atom. The highest BCUT2D eigenvalue weighted by Gasteiger charge is 2.19. The van der Waals surface area contributed by atoms with Crippen LogP contribution in [-0.2, 0) is 6.61 Å². The molecule has 42 heavy (non-hydrogen) atoms. The monoisotopic (exact) mass is 709 g/mol. The Bertz CT molecular complexity index is 2080. The summed E-state index contributed by atoms with van der Waals surface area (Å²) in [6, 6.07) is 22.2. The number of rotatable bonds is 7. The van der Waals surface area contributed by atoms with E-state index in [4.69, 9.17) is 30.5 Å². The average molecular weight is 712 g/mol. The van der Waals surface area contributed by atoms with Crippen LogP contribution in [0.3, 0.4) is 0 Å². The maximum Gasteiger partial charge on any atom is 0.282 e. The van der Waals surface area contributed by atoms with Gasteiger partial charge in [0.25, 0.3) is 5.56 Å². The van der Waals surface area contributed by atoms with Gasteiger partial charge in [0.05, 0.1) is 24.2 Å². The zero-order valence-corrected chi connectivity index (χ0v) is 25.7. The van der Waals surface area contributed by atoms with E-state index in [1.54, 1.807) is 36.4 Å². The van der Waals surface area contributed by atoms with Crippen LogP contribution >= 0.6 is 43.5 Å². The van der Waals surface area contributed by atoms with Crippen molar-refractivity contribution in [1.82, 2.24) is 9.66 Å². The SMILES string of the molecule is COc1cc(C=Nn2c(-c3cc4cc(Br)ccc4o3)nc3ccccc3c2=O)c(Br)c(Cl)c1OCc1cccc(F)c1. The maximum atomic E-state index is 13.6. The molecule has 0 bridgehead atoms. The molecule has 0 radical (unpaired) electrons. The van der Waals surface area contributed by atoms with E-state index in [0.717, 1.165) is 9.86 Å². The van der Waals surface area contributed by atoms with Gasteiger partial charge in [0.2, 0.25) is 5.82 Å². The summed E-state index contributed by atoms with van der Waals surface area (Å²) in [6.45, 7) is 0.0727. The van der Waals surface area contributed by atoms with Crippen LogP contribution in [0.5, 0.6) is 11.5 Å². The van der Waals surface area contributed by atoms with Gasteiger partial charge in [-0.2, -0.15) is 9.78 Å². The molecule has 0 spiro atoms. The molecule has 2 aromatic heterocycles. The smallest absolute Gasteiger partial charge is 0.282 e. The molecule has 7 nitrogen and oxygen atoms in total. The van der Waals surface area contributed by atoms with Crippen molar-refractivity contribution in [1.29, 1.82) is 0 Å². The molecule has 0 atom stereocenters. The first-order chi connectivity index (χ1) is 20.3. The van der Waals surface area contributed by atoms with Gasteiger partial charge in [-0.05, 0) is 76.1 Å². The number of nitrogens with zero attached hydrogens (tertiary/aromatic N) is 3. The van der Waals surface area contributed by atoms with Gasteiger partial charge in [-0.15, -0.1) is 0 Å². The molecule has 0 fully saturated rings. The Morgan fingerprint density at radius 2 is 1.90 bits per heavy atom. The average Bonchev–Trinajstić information content (AvgIpc) is 3.41. The number of ether oxygens (including phenoxy) is 2. The number of furan rings is 1. The first kappa shape index (κ1) is 28.1. The lowest BCUT2D eigenvalue weighted by atomic mass is 10.2. The number of aromatic nitrogens is 2. The molecule has 4 aromatic carbocycles. The number of hydrogen-bond donors (Lipinski definition) is 0. The van der Waals surface area contributed by atoms with Crippen molar-refractivity contribution >= 4 is 71.5 Å². The van der Waals surface area contributed by atoms with Crippen LogP contribution in [0.2, 0.25) is 5.02 Å². The number of methoxy groups -OCH3 is 1. The van der Waals surface area contributed by atoms with Crippen molar-refractivity contribution in [3.63, 3.8) is 0 Å². The molecule has 6 aromatic rings. The summed E-state index contributed by atoms with van der Waals surface area (Å²) in [5.74, 6) is 0.833. The van der Waals surface area contributed by atoms with E-state index in [-0.39, 0.29) is 34.6 Å². The first-order valence-electron chi connectivity index (χ1n) is 12.5. The van der Waals surface area contributed by atoms with Crippen LogP contribution in [0.1, 0.15) is 11.1 Å². The summed E-state index contributed by atoms with van der Waals surface area (Å²) >= 11 is 13.7. The molecule has 11 heteroatoms. The largest absolute Gasteiger partial charge is 0.493 e. The minimum Gasteiger partial charge on any atom is -0.493 e. The normalized spacial score (nSPS) is 11.5. The molecule has 0 N–H and O–H groups in total. The quantitative estimate of drug-likeness (QED) is 0.155. The molecule has 210 valence electrons. The molecule has 0 saturated carbocycles. The molecule has 0 saturated heterocycles. The maximum absolute atomic E-state index is 13.6. The van der Waals surface area contributed by atoms with E-state index < -0.39 is 0 Å². The van der Waals surface area contributed by atoms with Crippen molar-refractivity contribution < 1.29 is 18.3 Å². The minimum absolute atomic E-state index is 0.0727. The third-order valence-electron chi connectivity index (χ3n) is 6.41. The lowest BCUT2D eigenvalue weighted by Crippen LogP contribution is -2.20. The highest BCUT2D eigenvalue weighted by molar-refractivity contribution is 9.10. The Labute approximate surface area is 260 Å². The second-order valence-corrected chi connectivity index (χ2v) is 11.2. The van der Waals surface area contributed by atoms with E-state index in [0.29, 0.717) is 43.6 Å². The van der Waals surface area contributed by atoms with Gasteiger partial charge in [0.15, 0.2) is 17.3 Å². The lowest BCUT2D eigenvalue weighted by molar-refractivity contribution is 0.284. The van der Waals surface area contributed by atoms with Crippen molar-refractivity contribution in [2.45, 2.75) is 6.61 Å². The second kappa shape index (κ2) is 11.7. The number of hydrogen-bond acceptors (Lipinski definition) is 6. The van der Waals surface area contributed by atoms with Gasteiger partial charge < -0.3 is 13.9 Å². The van der Waals surface area contributed by atoms with E-state index in [2.05, 4.69) is 37.0 Å². The molecule has 0 amide bonds. The summed E-state index contributed by atoms with van der Waals surface area (Å²) in [5.41, 5.74) is 1.91. The van der Waals surface area contributed by atoms with Crippen molar-refractivity contribution in [2.75, 3.05) is 7.11 Å². The van der Waals surface area contributed by atoms with E-state index in [9.17, 15) is 9.18 Å². The molecule has 0 aliphatic rings. The van der Waals surface area contributed by atoms with Gasteiger partial charge in [0.1, 0.15) is 23.0 Å². The van der Waals surface area contributed by atoms with Gasteiger partial charge in [-0.1, -0.05) is 51.8 Å². The molecule has 6 rings (SSSR count). The van der Waals surface area contributed by atoms with Gasteiger partial charge in [-0.25, -0.2) is 9.37 Å². The standard InChI is InChI=1S/C31H19Br2ClFN3O4/c1-40-25-14-19(27(33)28(34)29(25)41-16-17-5-4-6-21(35)11-17)15-36-38-30(37-23-8-3-2-7-22(23)31(38)39)26-13-18-12-20(32)9-10-24(18)42-26/h2-15H,16H2,1H3. The Balaban J connectivity index is 1.43. The number of benzene rings is 4. The van der Waals surface area contributed by atoms with Gasteiger partial charge in [-0.3, -0.25) is 4.79 Å². The van der Waals surface area contributed by atoms with Crippen LogP contribution in [0.4, 0.5) is 4.39 Å². The molecule has 2 heterocycles. The molecular weight excluding hydrogens is 693 g/mol. The zero-order chi connectivity index (χ0) is 29.4. The number of halogens is 4. The van der Waals surface area contributed by atoms with Crippen molar-refractivity contribution in [3.05, 3.63) is 120 Å². The van der Waals surface area contributed by atoms with E-state index in [1.165, 1.54) is 30.1 Å². The predicted molar refractivity (Wildman–Crippen MR) is 168 cm³/mol. The summed E-state index contributed by atoms with van der Waals surface area (Å²) in [5, 5.41) is 5.98. The molecule has 0 aliphatic heterocycles. The third kappa shape index (κ3) is 5.45. The first-order valence-corrected chi connectivity index (χ1v) is 14.5. The highest BCUT2D eigenvalue weighted by Crippen LogP contribution is 2.42. The summed E-state index contributed by atoms with van der Waals surface area (Å²) in [7, 11) is 1.48. The molecular formula is C31H19Br2ClFN3O4. The zero-order valence-electron chi connectivity index (χ0n) is 21.8. The predicted octanol–water partition coefficient (Wildman–Crippen LogP) is 8.60.